The van der Waals surface area contributed by atoms with Crippen LogP contribution in [0.5, 0.6) is 5.75 Å². The van der Waals surface area contributed by atoms with Crippen LogP contribution in [0.2, 0.25) is 0 Å². The molecule has 118 valence electrons. The summed E-state index contributed by atoms with van der Waals surface area (Å²) in [6, 6.07) is 5.89. The minimum Gasteiger partial charge on any atom is -0.494 e. The van der Waals surface area contributed by atoms with Gasteiger partial charge in [-0.25, -0.2) is 0 Å². The largest absolute Gasteiger partial charge is 0.494 e. The smallest absolute Gasteiger partial charge is 0.320 e. The zero-order valence-corrected chi connectivity index (χ0v) is 13.5. The highest BCUT2D eigenvalue weighted by Crippen LogP contribution is 2.19. The van der Waals surface area contributed by atoms with E-state index in [9.17, 15) is 4.79 Å². The van der Waals surface area contributed by atoms with E-state index in [0.717, 1.165) is 38.1 Å². The molecule has 4 nitrogen and oxygen atoms in total. The van der Waals surface area contributed by atoms with Gasteiger partial charge in [0.25, 0.3) is 0 Å². The first-order valence-electron chi connectivity index (χ1n) is 7.24. The molecule has 1 aromatic rings. The van der Waals surface area contributed by atoms with E-state index in [1.54, 1.807) is 0 Å². The van der Waals surface area contributed by atoms with Crippen molar-refractivity contribution in [3.8, 4) is 5.75 Å². The van der Waals surface area contributed by atoms with E-state index in [4.69, 9.17) is 9.84 Å². The minimum atomic E-state index is -0.697. The molecule has 0 amide bonds. The van der Waals surface area contributed by atoms with E-state index < -0.39 is 5.97 Å². The number of ether oxygens (including phenoxy) is 1. The van der Waals surface area contributed by atoms with Gasteiger partial charge >= 0.3 is 5.97 Å². The summed E-state index contributed by atoms with van der Waals surface area (Å²) in [5.74, 6) is 0.205. The van der Waals surface area contributed by atoms with E-state index in [1.807, 2.05) is 17.0 Å². The Kier molecular flexibility index (Phi) is 6.99. The van der Waals surface area contributed by atoms with Crippen molar-refractivity contribution in [1.29, 1.82) is 0 Å². The molecule has 0 radical (unpaired) electrons. The van der Waals surface area contributed by atoms with Crippen molar-refractivity contribution in [2.75, 3.05) is 19.7 Å². The van der Waals surface area contributed by atoms with Crippen LogP contribution >= 0.6 is 12.4 Å². The fraction of sp³-hybridized carbons (Fsp3) is 0.562. The monoisotopic (exact) mass is 313 g/mol. The van der Waals surface area contributed by atoms with E-state index in [-0.39, 0.29) is 18.4 Å². The highest BCUT2D eigenvalue weighted by Gasteiger charge is 2.29. The first-order valence-corrected chi connectivity index (χ1v) is 7.24. The molecule has 1 aliphatic rings. The van der Waals surface area contributed by atoms with Gasteiger partial charge in [0.15, 0.2) is 0 Å². The number of carboxylic acids is 1. The number of rotatable bonds is 6. The molecule has 5 heteroatoms. The first kappa shape index (κ1) is 17.8. The van der Waals surface area contributed by atoms with E-state index >= 15 is 0 Å². The van der Waals surface area contributed by atoms with Gasteiger partial charge in [0, 0.05) is 6.54 Å². The van der Waals surface area contributed by atoms with Gasteiger partial charge in [-0.05, 0) is 62.9 Å². The topological polar surface area (TPSA) is 49.8 Å². The molecule has 1 fully saturated rings. The number of hydrogen-bond acceptors (Lipinski definition) is 3. The highest BCUT2D eigenvalue weighted by atomic mass is 35.5. The van der Waals surface area contributed by atoms with Gasteiger partial charge < -0.3 is 9.84 Å². The summed E-state index contributed by atoms with van der Waals surface area (Å²) in [6.45, 7) is 6.43. The lowest BCUT2D eigenvalue weighted by molar-refractivity contribution is -0.142. The van der Waals surface area contributed by atoms with Crippen molar-refractivity contribution in [2.24, 2.45) is 0 Å². The number of halogens is 1. The number of likely N-dealkylation sites (tertiary alicyclic amines) is 1. The second kappa shape index (κ2) is 8.25. The van der Waals surface area contributed by atoms with Crippen LogP contribution in [0.25, 0.3) is 0 Å². The number of carboxylic acid groups (broad SMARTS) is 1. The number of nitrogens with zero attached hydrogens (tertiary/aromatic N) is 1. The van der Waals surface area contributed by atoms with Gasteiger partial charge in [0.1, 0.15) is 11.8 Å². The maximum Gasteiger partial charge on any atom is 0.320 e. The van der Waals surface area contributed by atoms with E-state index in [1.165, 1.54) is 11.1 Å². The molecule has 1 aromatic carbocycles. The van der Waals surface area contributed by atoms with Gasteiger partial charge in [0.05, 0.1) is 6.61 Å². The Labute approximate surface area is 132 Å². The van der Waals surface area contributed by atoms with Gasteiger partial charge in [0.2, 0.25) is 0 Å². The summed E-state index contributed by atoms with van der Waals surface area (Å²) < 4.78 is 5.75. The lowest BCUT2D eigenvalue weighted by Crippen LogP contribution is -2.36. The minimum absolute atomic E-state index is 0. The lowest BCUT2D eigenvalue weighted by atomic mass is 10.1. The van der Waals surface area contributed by atoms with Crippen LogP contribution in [0, 0.1) is 13.8 Å². The third-order valence-corrected chi connectivity index (χ3v) is 3.70. The van der Waals surface area contributed by atoms with Crippen LogP contribution in [-0.2, 0) is 4.79 Å². The molecule has 0 aliphatic carbocycles. The van der Waals surface area contributed by atoms with Crippen LogP contribution in [0.1, 0.15) is 30.4 Å². The lowest BCUT2D eigenvalue weighted by Gasteiger charge is -2.20. The number of aryl methyl sites for hydroxylation is 2. The number of carbonyl (C=O) groups is 1. The van der Waals surface area contributed by atoms with E-state index in [0.29, 0.717) is 6.61 Å². The summed E-state index contributed by atoms with van der Waals surface area (Å²) in [7, 11) is 0. The predicted octanol–water partition coefficient (Wildman–Crippen LogP) is 3.04. The van der Waals surface area contributed by atoms with Gasteiger partial charge in [-0.1, -0.05) is 6.07 Å². The Balaban J connectivity index is 0.00000220. The Morgan fingerprint density at radius 2 is 2.00 bits per heavy atom. The summed E-state index contributed by atoms with van der Waals surface area (Å²) in [6.07, 6.45) is 2.61. The maximum absolute atomic E-state index is 11.1. The molecule has 2 rings (SSSR count). The first-order chi connectivity index (χ1) is 9.56. The molecule has 0 aromatic heterocycles. The van der Waals surface area contributed by atoms with Gasteiger partial charge in [-0.15, -0.1) is 12.4 Å². The quantitative estimate of drug-likeness (QED) is 0.820. The number of benzene rings is 1. The molecule has 1 atom stereocenters. The maximum atomic E-state index is 11.1. The standard InChI is InChI=1S/C16H23NO3.ClH/c1-12-9-13(2)11-14(10-12)20-8-4-7-17-6-3-5-15(17)16(18)19;/h9-11,15H,3-8H2,1-2H3,(H,18,19);1H/t15-;/m1./s1. The highest BCUT2D eigenvalue weighted by molar-refractivity contribution is 5.85. The van der Waals surface area contributed by atoms with Crippen molar-refractivity contribution < 1.29 is 14.6 Å². The molecule has 1 heterocycles. The molecule has 0 bridgehead atoms. The van der Waals surface area contributed by atoms with Crippen LogP contribution in [0.4, 0.5) is 0 Å². The van der Waals surface area contributed by atoms with E-state index in [2.05, 4.69) is 19.9 Å². The average molecular weight is 314 g/mol. The van der Waals surface area contributed by atoms with Crippen molar-refractivity contribution in [1.82, 2.24) is 4.90 Å². The molecular weight excluding hydrogens is 290 g/mol. The summed E-state index contributed by atoms with van der Waals surface area (Å²) >= 11 is 0. The fourth-order valence-electron chi connectivity index (χ4n) is 2.85. The Bertz CT molecular complexity index is 458. The zero-order chi connectivity index (χ0) is 14.5. The number of hydrogen-bond donors (Lipinski definition) is 1. The third-order valence-electron chi connectivity index (χ3n) is 3.70. The SMILES string of the molecule is Cc1cc(C)cc(OCCCN2CCC[C@@H]2C(=O)O)c1.Cl. The second-order valence-electron chi connectivity index (χ2n) is 5.56. The summed E-state index contributed by atoms with van der Waals surface area (Å²) in [5, 5.41) is 9.11. The van der Waals surface area contributed by atoms with Crippen molar-refractivity contribution in [3.05, 3.63) is 29.3 Å². The Hall–Kier alpha value is -1.26. The summed E-state index contributed by atoms with van der Waals surface area (Å²) in [4.78, 5) is 13.1. The molecule has 1 N–H and O–H groups in total. The van der Waals surface area contributed by atoms with Gasteiger partial charge in [-0.3, -0.25) is 9.69 Å². The molecule has 1 aliphatic heterocycles. The average Bonchev–Trinajstić information content (AvgIpc) is 2.82. The van der Waals surface area contributed by atoms with Crippen LogP contribution in [0.15, 0.2) is 18.2 Å². The van der Waals surface area contributed by atoms with Crippen LogP contribution < -0.4 is 4.74 Å². The number of aliphatic carboxylic acids is 1. The van der Waals surface area contributed by atoms with Gasteiger partial charge in [-0.2, -0.15) is 0 Å². The third kappa shape index (κ3) is 5.21. The van der Waals surface area contributed by atoms with Crippen LogP contribution in [-0.4, -0.2) is 41.7 Å². The summed E-state index contributed by atoms with van der Waals surface area (Å²) in [5.41, 5.74) is 2.40. The molecule has 0 saturated carbocycles. The molecule has 21 heavy (non-hydrogen) atoms. The van der Waals surface area contributed by atoms with Crippen molar-refractivity contribution >= 4 is 18.4 Å². The predicted molar refractivity (Wildman–Crippen MR) is 85.5 cm³/mol. The molecule has 0 spiro atoms. The van der Waals surface area contributed by atoms with Crippen LogP contribution in [0.3, 0.4) is 0 Å². The zero-order valence-electron chi connectivity index (χ0n) is 12.7. The Morgan fingerprint density at radius 3 is 2.62 bits per heavy atom. The molecular formula is C16H24ClNO3. The Morgan fingerprint density at radius 1 is 1.33 bits per heavy atom. The van der Waals surface area contributed by atoms with Crippen molar-refractivity contribution in [2.45, 2.75) is 39.2 Å². The second-order valence-corrected chi connectivity index (χ2v) is 5.56. The molecule has 1 saturated heterocycles. The normalized spacial score (nSPS) is 18.3. The van der Waals surface area contributed by atoms with Crippen molar-refractivity contribution in [3.63, 3.8) is 0 Å². The fourth-order valence-corrected chi connectivity index (χ4v) is 2.85. The molecule has 0 unspecified atom stereocenters.